The highest BCUT2D eigenvalue weighted by atomic mass is 79.9. The maximum absolute atomic E-state index is 13.2. The molecule has 0 aliphatic carbocycles. The molecule has 18 heavy (non-hydrogen) atoms. The average Bonchev–Trinajstić information content (AvgIpc) is 2.18. The Labute approximate surface area is 115 Å². The first kappa shape index (κ1) is 15.1. The van der Waals surface area contributed by atoms with Crippen LogP contribution in [0.3, 0.4) is 0 Å². The number of hydrogen-bond donors (Lipinski definition) is 1. The lowest BCUT2D eigenvalue weighted by Crippen LogP contribution is -2.26. The lowest BCUT2D eigenvalue weighted by atomic mass is 10.0. The van der Waals surface area contributed by atoms with Crippen LogP contribution in [0.5, 0.6) is 0 Å². The number of benzene rings is 1. The van der Waals surface area contributed by atoms with E-state index in [2.05, 4.69) is 15.9 Å². The van der Waals surface area contributed by atoms with Gasteiger partial charge in [-0.2, -0.15) is 0 Å². The number of nitrogens with two attached hydrogens (primary N) is 1. The van der Waals surface area contributed by atoms with Gasteiger partial charge in [-0.15, -0.1) is 0 Å². The lowest BCUT2D eigenvalue weighted by molar-refractivity contribution is -0.125. The van der Waals surface area contributed by atoms with Gasteiger partial charge in [0, 0.05) is 0 Å². The number of halogens is 2. The van der Waals surface area contributed by atoms with Crippen molar-refractivity contribution < 1.29 is 13.9 Å². The third kappa shape index (κ3) is 4.74. The molecule has 0 saturated heterocycles. The van der Waals surface area contributed by atoms with Crippen molar-refractivity contribution in [2.45, 2.75) is 38.9 Å². The van der Waals surface area contributed by atoms with E-state index in [1.807, 2.05) is 20.8 Å². The van der Waals surface area contributed by atoms with Crippen molar-refractivity contribution in [2.75, 3.05) is 0 Å². The maximum atomic E-state index is 13.2. The van der Waals surface area contributed by atoms with Gasteiger partial charge in [0.25, 0.3) is 0 Å². The summed E-state index contributed by atoms with van der Waals surface area (Å²) in [5.41, 5.74) is 5.52. The Morgan fingerprint density at radius 3 is 2.56 bits per heavy atom. The van der Waals surface area contributed by atoms with E-state index < -0.39 is 17.6 Å². The molecule has 1 aromatic rings. The Bertz CT molecular complexity index is 443. The minimum atomic E-state index is -0.473. The molecule has 100 valence electrons. The summed E-state index contributed by atoms with van der Waals surface area (Å²) in [5.74, 6) is -0.808. The Morgan fingerprint density at radius 2 is 2.11 bits per heavy atom. The van der Waals surface area contributed by atoms with Gasteiger partial charge in [-0.1, -0.05) is 6.07 Å². The van der Waals surface area contributed by atoms with E-state index in [0.717, 1.165) is 5.56 Å². The predicted molar refractivity (Wildman–Crippen MR) is 71.5 cm³/mol. The number of carbonyl (C=O) groups is 1. The molecule has 5 heteroatoms. The van der Waals surface area contributed by atoms with Crippen LogP contribution < -0.4 is 5.73 Å². The molecule has 1 amide bonds. The molecule has 0 aliphatic rings. The smallest absolute Gasteiger partial charge is 0.220 e. The SMILES string of the molecule is CC(C)(C)OC(CC(N)=O)c1ccc(F)c(Br)c1. The Morgan fingerprint density at radius 1 is 1.50 bits per heavy atom. The molecule has 0 bridgehead atoms. The fourth-order valence-corrected chi connectivity index (χ4v) is 1.95. The number of ether oxygens (including phenoxy) is 1. The first-order chi connectivity index (χ1) is 8.19. The fraction of sp³-hybridized carbons (Fsp3) is 0.462. The summed E-state index contributed by atoms with van der Waals surface area (Å²) in [5, 5.41) is 0. The second kappa shape index (κ2) is 5.80. The van der Waals surface area contributed by atoms with E-state index in [1.165, 1.54) is 6.07 Å². The fourth-order valence-electron chi connectivity index (χ4n) is 1.55. The summed E-state index contributed by atoms with van der Waals surface area (Å²) >= 11 is 3.11. The number of rotatable bonds is 4. The van der Waals surface area contributed by atoms with E-state index in [0.29, 0.717) is 4.47 Å². The minimum Gasteiger partial charge on any atom is -0.370 e. The standard InChI is InChI=1S/C13H17BrFNO2/c1-13(2,3)18-11(7-12(16)17)8-4-5-10(15)9(14)6-8/h4-6,11H,7H2,1-3H3,(H2,16,17). The summed E-state index contributed by atoms with van der Waals surface area (Å²) in [6.07, 6.45) is -0.408. The molecule has 0 aliphatic heterocycles. The Hall–Kier alpha value is -0.940. The molecule has 1 atom stereocenters. The molecule has 0 heterocycles. The normalized spacial score (nSPS) is 13.4. The highest BCUT2D eigenvalue weighted by Crippen LogP contribution is 2.29. The van der Waals surface area contributed by atoms with Crippen LogP contribution in [0.4, 0.5) is 4.39 Å². The first-order valence-corrected chi connectivity index (χ1v) is 6.39. The Kier molecular flexibility index (Phi) is 4.87. The zero-order valence-electron chi connectivity index (χ0n) is 10.7. The number of hydrogen-bond acceptors (Lipinski definition) is 2. The quantitative estimate of drug-likeness (QED) is 0.926. The van der Waals surface area contributed by atoms with Gasteiger partial charge in [-0.25, -0.2) is 4.39 Å². The average molecular weight is 318 g/mol. The minimum absolute atomic E-state index is 0.0648. The van der Waals surface area contributed by atoms with Gasteiger partial charge in [0.1, 0.15) is 5.82 Å². The third-order valence-corrected chi connectivity index (χ3v) is 2.81. The van der Waals surface area contributed by atoms with Gasteiger partial charge < -0.3 is 10.5 Å². The van der Waals surface area contributed by atoms with Crippen molar-refractivity contribution in [3.05, 3.63) is 34.1 Å². The molecule has 0 radical (unpaired) electrons. The zero-order chi connectivity index (χ0) is 13.9. The summed E-state index contributed by atoms with van der Waals surface area (Å²) in [7, 11) is 0. The highest BCUT2D eigenvalue weighted by molar-refractivity contribution is 9.10. The molecule has 1 unspecified atom stereocenters. The molecule has 0 spiro atoms. The summed E-state index contributed by atoms with van der Waals surface area (Å²) in [6, 6.07) is 4.54. The first-order valence-electron chi connectivity index (χ1n) is 5.60. The summed E-state index contributed by atoms with van der Waals surface area (Å²) in [4.78, 5) is 11.1. The van der Waals surface area contributed by atoms with E-state index in [4.69, 9.17) is 10.5 Å². The molecule has 0 saturated carbocycles. The molecule has 3 nitrogen and oxygen atoms in total. The van der Waals surface area contributed by atoms with Crippen molar-refractivity contribution in [1.82, 2.24) is 0 Å². The van der Waals surface area contributed by atoms with E-state index in [-0.39, 0.29) is 12.2 Å². The van der Waals surface area contributed by atoms with Crippen molar-refractivity contribution in [1.29, 1.82) is 0 Å². The lowest BCUT2D eigenvalue weighted by Gasteiger charge is -2.27. The Balaban J connectivity index is 3.01. The van der Waals surface area contributed by atoms with Gasteiger partial charge in [0.05, 0.1) is 22.6 Å². The van der Waals surface area contributed by atoms with Gasteiger partial charge >= 0.3 is 0 Å². The number of amides is 1. The van der Waals surface area contributed by atoms with Gasteiger partial charge in [0.2, 0.25) is 5.91 Å². The van der Waals surface area contributed by atoms with Crippen LogP contribution in [0.1, 0.15) is 38.9 Å². The van der Waals surface area contributed by atoms with E-state index in [9.17, 15) is 9.18 Å². The largest absolute Gasteiger partial charge is 0.370 e. The molecular weight excluding hydrogens is 301 g/mol. The van der Waals surface area contributed by atoms with Crippen LogP contribution in [0.25, 0.3) is 0 Å². The van der Waals surface area contributed by atoms with Crippen molar-refractivity contribution in [2.24, 2.45) is 5.73 Å². The zero-order valence-corrected chi connectivity index (χ0v) is 12.3. The van der Waals surface area contributed by atoms with Crippen LogP contribution >= 0.6 is 15.9 Å². The van der Waals surface area contributed by atoms with Crippen LogP contribution in [-0.4, -0.2) is 11.5 Å². The van der Waals surface area contributed by atoms with Crippen molar-refractivity contribution >= 4 is 21.8 Å². The van der Waals surface area contributed by atoms with Crippen LogP contribution in [-0.2, 0) is 9.53 Å². The van der Waals surface area contributed by atoms with E-state index >= 15 is 0 Å². The van der Waals surface area contributed by atoms with Gasteiger partial charge in [-0.05, 0) is 54.4 Å². The molecule has 0 aromatic heterocycles. The second-order valence-corrected chi connectivity index (χ2v) is 5.92. The molecule has 1 aromatic carbocycles. The van der Waals surface area contributed by atoms with Crippen LogP contribution in [0, 0.1) is 5.82 Å². The van der Waals surface area contributed by atoms with E-state index in [1.54, 1.807) is 12.1 Å². The summed E-state index contributed by atoms with van der Waals surface area (Å²) in [6.45, 7) is 5.67. The van der Waals surface area contributed by atoms with Crippen molar-refractivity contribution in [3.8, 4) is 0 Å². The highest BCUT2D eigenvalue weighted by Gasteiger charge is 2.22. The monoisotopic (exact) mass is 317 g/mol. The maximum Gasteiger partial charge on any atom is 0.220 e. The molecule has 0 fully saturated rings. The van der Waals surface area contributed by atoms with Gasteiger partial charge in [-0.3, -0.25) is 4.79 Å². The predicted octanol–water partition coefficient (Wildman–Crippen LogP) is 3.32. The number of primary amides is 1. The van der Waals surface area contributed by atoms with Crippen LogP contribution in [0.2, 0.25) is 0 Å². The van der Waals surface area contributed by atoms with Gasteiger partial charge in [0.15, 0.2) is 0 Å². The molecular formula is C13H17BrFNO2. The second-order valence-electron chi connectivity index (χ2n) is 5.06. The summed E-state index contributed by atoms with van der Waals surface area (Å²) < 4.78 is 19.3. The number of carbonyl (C=O) groups excluding carboxylic acids is 1. The topological polar surface area (TPSA) is 52.3 Å². The van der Waals surface area contributed by atoms with Crippen molar-refractivity contribution in [3.63, 3.8) is 0 Å². The third-order valence-electron chi connectivity index (χ3n) is 2.20. The van der Waals surface area contributed by atoms with Crippen LogP contribution in [0.15, 0.2) is 22.7 Å². The molecule has 2 N–H and O–H groups in total. The molecule has 1 rings (SSSR count).